The normalized spacial score (nSPS) is 10.5. The van der Waals surface area contributed by atoms with Crippen molar-refractivity contribution >= 4 is 23.1 Å². The zero-order valence-corrected chi connectivity index (χ0v) is 10.5. The van der Waals surface area contributed by atoms with Gasteiger partial charge in [0.15, 0.2) is 5.78 Å². The highest BCUT2D eigenvalue weighted by atomic mass is 35.5. The Morgan fingerprint density at radius 1 is 1.16 bits per heavy atom. The van der Waals surface area contributed by atoms with Gasteiger partial charge in [0.1, 0.15) is 11.6 Å². The zero-order valence-electron chi connectivity index (χ0n) is 9.79. The van der Waals surface area contributed by atoms with Gasteiger partial charge in [-0.15, -0.1) is 0 Å². The van der Waals surface area contributed by atoms with Crippen molar-refractivity contribution in [3.63, 3.8) is 0 Å². The van der Waals surface area contributed by atoms with Crippen LogP contribution in [0.3, 0.4) is 0 Å². The smallest absolute Gasteiger partial charge is 0.167 e. The average Bonchev–Trinajstić information content (AvgIpc) is 2.32. The van der Waals surface area contributed by atoms with Gasteiger partial charge in [-0.2, -0.15) is 0 Å². The van der Waals surface area contributed by atoms with Gasteiger partial charge in [0, 0.05) is 28.3 Å². The molecule has 0 saturated heterocycles. The van der Waals surface area contributed by atoms with Crippen LogP contribution in [-0.4, -0.2) is 5.78 Å². The second-order valence-corrected chi connectivity index (χ2v) is 4.51. The summed E-state index contributed by atoms with van der Waals surface area (Å²) in [7, 11) is 0. The number of carbonyl (C=O) groups is 1. The molecular formula is C14H10ClF2NO. The highest BCUT2D eigenvalue weighted by Crippen LogP contribution is 2.20. The van der Waals surface area contributed by atoms with E-state index in [4.69, 9.17) is 17.3 Å². The van der Waals surface area contributed by atoms with E-state index in [-0.39, 0.29) is 17.5 Å². The number of carbonyl (C=O) groups excluding carboxylic acids is 1. The lowest BCUT2D eigenvalue weighted by molar-refractivity contribution is 0.0990. The third-order valence-corrected chi connectivity index (χ3v) is 2.86. The average molecular weight is 282 g/mol. The van der Waals surface area contributed by atoms with Gasteiger partial charge < -0.3 is 5.73 Å². The minimum atomic E-state index is -0.747. The molecule has 0 aliphatic heterocycles. The molecule has 0 atom stereocenters. The van der Waals surface area contributed by atoms with Crippen LogP contribution in [0.2, 0.25) is 5.02 Å². The minimum absolute atomic E-state index is 0.229. The lowest BCUT2D eigenvalue weighted by atomic mass is 10.0. The number of rotatable bonds is 3. The van der Waals surface area contributed by atoms with E-state index >= 15 is 0 Å². The first-order valence-electron chi connectivity index (χ1n) is 5.49. The molecule has 0 fully saturated rings. The van der Waals surface area contributed by atoms with Gasteiger partial charge in [-0.1, -0.05) is 17.7 Å². The number of anilines is 1. The molecule has 0 bridgehead atoms. The van der Waals surface area contributed by atoms with Crippen molar-refractivity contribution in [1.29, 1.82) is 0 Å². The second kappa shape index (κ2) is 5.36. The molecule has 2 rings (SSSR count). The lowest BCUT2D eigenvalue weighted by Crippen LogP contribution is -2.08. The maximum absolute atomic E-state index is 13.4. The first-order chi connectivity index (χ1) is 8.97. The topological polar surface area (TPSA) is 43.1 Å². The van der Waals surface area contributed by atoms with E-state index in [2.05, 4.69) is 0 Å². The Labute approximate surface area is 113 Å². The van der Waals surface area contributed by atoms with E-state index in [0.717, 1.165) is 12.1 Å². The summed E-state index contributed by atoms with van der Waals surface area (Å²) in [5.74, 6) is -1.94. The molecule has 2 N–H and O–H groups in total. The largest absolute Gasteiger partial charge is 0.399 e. The van der Waals surface area contributed by atoms with Crippen LogP contribution in [-0.2, 0) is 6.42 Å². The Kier molecular flexibility index (Phi) is 3.81. The lowest BCUT2D eigenvalue weighted by Gasteiger charge is -2.06. The monoisotopic (exact) mass is 281 g/mol. The van der Waals surface area contributed by atoms with Crippen LogP contribution in [0.15, 0.2) is 36.4 Å². The van der Waals surface area contributed by atoms with Gasteiger partial charge in [-0.25, -0.2) is 8.78 Å². The molecule has 0 aliphatic rings. The summed E-state index contributed by atoms with van der Waals surface area (Å²) in [5, 5.41) is 0.303. The molecule has 2 aromatic rings. The Bertz CT molecular complexity index is 603. The van der Waals surface area contributed by atoms with E-state index in [1.54, 1.807) is 0 Å². The summed E-state index contributed by atoms with van der Waals surface area (Å²) in [4.78, 5) is 12.0. The quantitative estimate of drug-likeness (QED) is 0.690. The van der Waals surface area contributed by atoms with Crippen molar-refractivity contribution in [3.05, 3.63) is 64.2 Å². The summed E-state index contributed by atoms with van der Waals surface area (Å²) in [6.07, 6.45) is -0.377. The van der Waals surface area contributed by atoms with Crippen molar-refractivity contribution in [2.24, 2.45) is 0 Å². The molecule has 0 spiro atoms. The number of Topliss-reactive ketones (excluding diaryl/α,β-unsaturated/α-hetero) is 1. The van der Waals surface area contributed by atoms with E-state index in [1.807, 2.05) is 0 Å². The number of benzene rings is 2. The number of nitrogens with two attached hydrogens (primary N) is 1. The molecule has 19 heavy (non-hydrogen) atoms. The standard InChI is InChI=1S/C14H10ClF2NO/c15-9-4-8(5-10(18)6-9)14(19)7-11-12(16)2-1-3-13(11)17/h1-6H,7,18H2. The third kappa shape index (κ3) is 3.09. The van der Waals surface area contributed by atoms with Gasteiger partial charge in [-0.05, 0) is 30.3 Å². The summed E-state index contributed by atoms with van der Waals surface area (Å²) in [6, 6.07) is 7.79. The van der Waals surface area contributed by atoms with Crippen LogP contribution in [0.1, 0.15) is 15.9 Å². The van der Waals surface area contributed by atoms with Crippen LogP contribution < -0.4 is 5.73 Å². The second-order valence-electron chi connectivity index (χ2n) is 4.07. The van der Waals surface area contributed by atoms with E-state index in [0.29, 0.717) is 10.7 Å². The molecule has 2 nitrogen and oxygen atoms in total. The van der Waals surface area contributed by atoms with Crippen LogP contribution in [0.4, 0.5) is 14.5 Å². The summed E-state index contributed by atoms with van der Waals surface area (Å²) in [6.45, 7) is 0. The van der Waals surface area contributed by atoms with Crippen molar-refractivity contribution in [3.8, 4) is 0 Å². The summed E-state index contributed by atoms with van der Waals surface area (Å²) >= 11 is 5.78. The van der Waals surface area contributed by atoms with Gasteiger partial charge in [0.25, 0.3) is 0 Å². The fourth-order valence-corrected chi connectivity index (χ4v) is 1.98. The van der Waals surface area contributed by atoms with Crippen LogP contribution in [0.25, 0.3) is 0 Å². The molecule has 0 radical (unpaired) electrons. The minimum Gasteiger partial charge on any atom is -0.399 e. The van der Waals surface area contributed by atoms with Gasteiger partial charge in [0.05, 0.1) is 0 Å². The number of nitrogen functional groups attached to an aromatic ring is 1. The molecule has 0 aromatic heterocycles. The van der Waals surface area contributed by atoms with Gasteiger partial charge in [-0.3, -0.25) is 4.79 Å². The van der Waals surface area contributed by atoms with Crippen molar-refractivity contribution in [2.45, 2.75) is 6.42 Å². The van der Waals surface area contributed by atoms with Crippen LogP contribution in [0.5, 0.6) is 0 Å². The summed E-state index contributed by atoms with van der Waals surface area (Å²) in [5.41, 5.74) is 5.86. The third-order valence-electron chi connectivity index (χ3n) is 2.64. The molecule has 0 unspecified atom stereocenters. The molecular weight excluding hydrogens is 272 g/mol. The first kappa shape index (κ1) is 13.5. The first-order valence-corrected chi connectivity index (χ1v) is 5.87. The maximum atomic E-state index is 13.4. The summed E-state index contributed by atoms with van der Waals surface area (Å²) < 4.78 is 26.9. The van der Waals surface area contributed by atoms with Gasteiger partial charge in [0.2, 0.25) is 0 Å². The Morgan fingerprint density at radius 2 is 1.79 bits per heavy atom. The fourth-order valence-electron chi connectivity index (χ4n) is 1.74. The Hall–Kier alpha value is -1.94. The molecule has 0 aliphatic carbocycles. The Morgan fingerprint density at radius 3 is 2.37 bits per heavy atom. The van der Waals surface area contributed by atoms with Crippen molar-refractivity contribution in [1.82, 2.24) is 0 Å². The molecule has 5 heteroatoms. The molecule has 2 aromatic carbocycles. The molecule has 0 amide bonds. The number of hydrogen-bond donors (Lipinski definition) is 1. The van der Waals surface area contributed by atoms with E-state index < -0.39 is 17.4 Å². The number of halogens is 3. The van der Waals surface area contributed by atoms with Crippen LogP contribution >= 0.6 is 11.6 Å². The predicted molar refractivity (Wildman–Crippen MR) is 70.3 cm³/mol. The SMILES string of the molecule is Nc1cc(Cl)cc(C(=O)Cc2c(F)cccc2F)c1. The maximum Gasteiger partial charge on any atom is 0.167 e. The Balaban J connectivity index is 2.31. The highest BCUT2D eigenvalue weighted by Gasteiger charge is 2.15. The van der Waals surface area contributed by atoms with Crippen molar-refractivity contribution < 1.29 is 13.6 Å². The van der Waals surface area contributed by atoms with Crippen molar-refractivity contribution in [2.75, 3.05) is 5.73 Å². The highest BCUT2D eigenvalue weighted by molar-refractivity contribution is 6.31. The molecule has 98 valence electrons. The van der Waals surface area contributed by atoms with Gasteiger partial charge >= 0.3 is 0 Å². The molecule has 0 saturated carbocycles. The zero-order chi connectivity index (χ0) is 14.0. The predicted octanol–water partition coefficient (Wildman–Crippen LogP) is 3.63. The van der Waals surface area contributed by atoms with Crippen LogP contribution in [0, 0.1) is 11.6 Å². The fraction of sp³-hybridized carbons (Fsp3) is 0.0714. The number of ketones is 1. The number of hydrogen-bond acceptors (Lipinski definition) is 2. The molecule has 0 heterocycles. The van der Waals surface area contributed by atoms with E-state index in [9.17, 15) is 13.6 Å². The van der Waals surface area contributed by atoms with E-state index in [1.165, 1.54) is 24.3 Å².